The van der Waals surface area contributed by atoms with Gasteiger partial charge in [0.25, 0.3) is 0 Å². The number of carboxylic acids is 1. The molecule has 0 aliphatic heterocycles. The molecule has 0 saturated carbocycles. The number of nitrogens with zero attached hydrogens (tertiary/aromatic N) is 1. The smallest absolute Gasteiger partial charge is 0.335 e. The van der Waals surface area contributed by atoms with Crippen LogP contribution in [-0.2, 0) is 6.61 Å². The number of carbonyl (C=O) groups is 1. The number of hydrogen-bond donors (Lipinski definition) is 1. The second-order valence-electron chi connectivity index (χ2n) is 6.04. The zero-order valence-corrected chi connectivity index (χ0v) is 14.9. The van der Waals surface area contributed by atoms with Gasteiger partial charge in [0, 0.05) is 16.9 Å². The highest BCUT2D eigenvalue weighted by Crippen LogP contribution is 2.28. The van der Waals surface area contributed by atoms with Crippen LogP contribution in [0.4, 0.5) is 0 Å². The van der Waals surface area contributed by atoms with Crippen LogP contribution in [0.5, 0.6) is 5.75 Å². The van der Waals surface area contributed by atoms with E-state index in [1.165, 1.54) is 0 Å². The van der Waals surface area contributed by atoms with E-state index in [4.69, 9.17) is 9.84 Å². The largest absolute Gasteiger partial charge is 0.489 e. The number of thiazole rings is 1. The van der Waals surface area contributed by atoms with Crippen molar-refractivity contribution in [3.05, 3.63) is 70.0 Å². The van der Waals surface area contributed by atoms with Gasteiger partial charge < -0.3 is 9.84 Å². The third kappa shape index (κ3) is 4.25. The lowest BCUT2D eigenvalue weighted by Crippen LogP contribution is -1.99. The highest BCUT2D eigenvalue weighted by molar-refractivity contribution is 7.10. The normalized spacial score (nSPS) is 10.8. The van der Waals surface area contributed by atoms with E-state index < -0.39 is 5.97 Å². The lowest BCUT2D eigenvalue weighted by molar-refractivity contribution is 0.0697. The minimum absolute atomic E-state index is 0.273. The SMILES string of the molecule is CC(C)c1nc(-c2cccc(OCc3ccc(C(=O)O)cc3)c2)cs1. The minimum Gasteiger partial charge on any atom is -0.489 e. The maximum absolute atomic E-state index is 10.9. The molecular weight excluding hydrogens is 334 g/mol. The molecule has 1 heterocycles. The van der Waals surface area contributed by atoms with E-state index in [9.17, 15) is 4.79 Å². The topological polar surface area (TPSA) is 59.4 Å². The Morgan fingerprint density at radius 1 is 1.20 bits per heavy atom. The van der Waals surface area contributed by atoms with E-state index in [1.807, 2.05) is 24.3 Å². The Morgan fingerprint density at radius 3 is 2.60 bits per heavy atom. The van der Waals surface area contributed by atoms with E-state index in [0.717, 1.165) is 27.6 Å². The fourth-order valence-corrected chi connectivity index (χ4v) is 3.19. The van der Waals surface area contributed by atoms with Gasteiger partial charge in [-0.25, -0.2) is 9.78 Å². The van der Waals surface area contributed by atoms with E-state index in [-0.39, 0.29) is 5.56 Å². The first kappa shape index (κ1) is 17.2. The van der Waals surface area contributed by atoms with Crippen LogP contribution in [0.25, 0.3) is 11.3 Å². The molecule has 1 aromatic heterocycles. The molecule has 0 aliphatic rings. The van der Waals surface area contributed by atoms with Crippen LogP contribution in [0.3, 0.4) is 0 Å². The third-order valence-corrected chi connectivity index (χ3v) is 4.90. The summed E-state index contributed by atoms with van der Waals surface area (Å²) in [4.78, 5) is 15.5. The van der Waals surface area contributed by atoms with Gasteiger partial charge in [0.15, 0.2) is 0 Å². The van der Waals surface area contributed by atoms with Crippen LogP contribution in [-0.4, -0.2) is 16.1 Å². The molecule has 2 aromatic carbocycles. The number of ether oxygens (including phenoxy) is 1. The monoisotopic (exact) mass is 353 g/mol. The highest BCUT2D eigenvalue weighted by atomic mass is 32.1. The number of benzene rings is 2. The van der Waals surface area contributed by atoms with Crippen LogP contribution in [0.15, 0.2) is 53.9 Å². The molecule has 0 unspecified atom stereocenters. The van der Waals surface area contributed by atoms with Crippen molar-refractivity contribution >= 4 is 17.3 Å². The van der Waals surface area contributed by atoms with E-state index in [0.29, 0.717) is 12.5 Å². The standard InChI is InChI=1S/C20H19NO3S/c1-13(2)19-21-18(12-25-19)16-4-3-5-17(10-16)24-11-14-6-8-15(9-7-14)20(22)23/h3-10,12-13H,11H2,1-2H3,(H,22,23). The maximum atomic E-state index is 10.9. The molecule has 0 spiro atoms. The summed E-state index contributed by atoms with van der Waals surface area (Å²) in [7, 11) is 0. The molecular formula is C20H19NO3S. The van der Waals surface area contributed by atoms with Gasteiger partial charge >= 0.3 is 5.97 Å². The van der Waals surface area contributed by atoms with Crippen LogP contribution < -0.4 is 4.74 Å². The van der Waals surface area contributed by atoms with E-state index in [1.54, 1.807) is 35.6 Å². The zero-order chi connectivity index (χ0) is 17.8. The molecule has 0 bridgehead atoms. The quantitative estimate of drug-likeness (QED) is 0.661. The summed E-state index contributed by atoms with van der Waals surface area (Å²) in [5.41, 5.74) is 3.19. The first-order valence-corrected chi connectivity index (χ1v) is 8.92. The van der Waals surface area contributed by atoms with E-state index in [2.05, 4.69) is 24.2 Å². The molecule has 1 N–H and O–H groups in total. The Labute approximate surface area is 150 Å². The molecule has 5 heteroatoms. The third-order valence-electron chi connectivity index (χ3n) is 3.75. The molecule has 4 nitrogen and oxygen atoms in total. The molecule has 0 fully saturated rings. The number of carboxylic acid groups (broad SMARTS) is 1. The average molecular weight is 353 g/mol. The molecule has 0 aliphatic carbocycles. The second-order valence-corrected chi connectivity index (χ2v) is 6.93. The van der Waals surface area contributed by atoms with Crippen molar-refractivity contribution < 1.29 is 14.6 Å². The first-order valence-electron chi connectivity index (χ1n) is 8.04. The number of aromatic carboxylic acids is 1. The zero-order valence-electron chi connectivity index (χ0n) is 14.1. The Hall–Kier alpha value is -2.66. The average Bonchev–Trinajstić information content (AvgIpc) is 3.11. The Bertz CT molecular complexity index is 869. The van der Waals surface area contributed by atoms with Crippen molar-refractivity contribution in [1.29, 1.82) is 0 Å². The predicted molar refractivity (Wildman–Crippen MR) is 99.4 cm³/mol. The molecule has 0 amide bonds. The van der Waals surface area contributed by atoms with E-state index >= 15 is 0 Å². The van der Waals surface area contributed by atoms with Crippen LogP contribution >= 0.6 is 11.3 Å². The lowest BCUT2D eigenvalue weighted by Gasteiger charge is -2.08. The Balaban J connectivity index is 1.70. The summed E-state index contributed by atoms with van der Waals surface area (Å²) >= 11 is 1.67. The van der Waals surface area contributed by atoms with Crippen LogP contribution in [0.1, 0.15) is 40.7 Å². The molecule has 0 saturated heterocycles. The molecule has 25 heavy (non-hydrogen) atoms. The van der Waals surface area contributed by atoms with Gasteiger partial charge in [-0.15, -0.1) is 11.3 Å². The van der Waals surface area contributed by atoms with Crippen molar-refractivity contribution in [1.82, 2.24) is 4.98 Å². The van der Waals surface area contributed by atoms with Gasteiger partial charge in [-0.2, -0.15) is 0 Å². The summed E-state index contributed by atoms with van der Waals surface area (Å²) in [5.74, 6) is 0.259. The van der Waals surface area contributed by atoms with Gasteiger partial charge in [-0.05, 0) is 29.8 Å². The fourth-order valence-electron chi connectivity index (χ4n) is 2.34. The summed E-state index contributed by atoms with van der Waals surface area (Å²) < 4.78 is 5.84. The van der Waals surface area contributed by atoms with Gasteiger partial charge in [-0.3, -0.25) is 0 Å². The number of rotatable bonds is 6. The van der Waals surface area contributed by atoms with Crippen molar-refractivity contribution in [2.75, 3.05) is 0 Å². The van der Waals surface area contributed by atoms with Gasteiger partial charge in [0.2, 0.25) is 0 Å². The molecule has 3 rings (SSSR count). The minimum atomic E-state index is -0.927. The highest BCUT2D eigenvalue weighted by Gasteiger charge is 2.08. The van der Waals surface area contributed by atoms with Crippen LogP contribution in [0.2, 0.25) is 0 Å². The van der Waals surface area contributed by atoms with Gasteiger partial charge in [-0.1, -0.05) is 38.1 Å². The second kappa shape index (κ2) is 7.49. The summed E-state index contributed by atoms with van der Waals surface area (Å²) in [6, 6.07) is 14.6. The Morgan fingerprint density at radius 2 is 1.96 bits per heavy atom. The van der Waals surface area contributed by atoms with Crippen molar-refractivity contribution in [3.63, 3.8) is 0 Å². The lowest BCUT2D eigenvalue weighted by atomic mass is 10.1. The first-order chi connectivity index (χ1) is 12.0. The maximum Gasteiger partial charge on any atom is 0.335 e. The summed E-state index contributed by atoms with van der Waals surface area (Å²) in [6.45, 7) is 4.66. The van der Waals surface area contributed by atoms with Crippen molar-refractivity contribution in [2.24, 2.45) is 0 Å². The molecule has 3 aromatic rings. The summed E-state index contributed by atoms with van der Waals surface area (Å²) in [6.07, 6.45) is 0. The number of aromatic nitrogens is 1. The number of hydrogen-bond acceptors (Lipinski definition) is 4. The molecule has 0 atom stereocenters. The van der Waals surface area contributed by atoms with Crippen LogP contribution in [0, 0.1) is 0 Å². The van der Waals surface area contributed by atoms with Crippen molar-refractivity contribution in [2.45, 2.75) is 26.4 Å². The van der Waals surface area contributed by atoms with Gasteiger partial charge in [0.05, 0.1) is 16.3 Å². The van der Waals surface area contributed by atoms with Crippen molar-refractivity contribution in [3.8, 4) is 17.0 Å². The predicted octanol–water partition coefficient (Wildman–Crippen LogP) is 5.21. The molecule has 0 radical (unpaired) electrons. The fraction of sp³-hybridized carbons (Fsp3) is 0.200. The Kier molecular flexibility index (Phi) is 5.14. The molecule has 128 valence electrons. The summed E-state index contributed by atoms with van der Waals surface area (Å²) in [5, 5.41) is 12.1. The van der Waals surface area contributed by atoms with Gasteiger partial charge in [0.1, 0.15) is 12.4 Å².